The number of nitrogen functional groups attached to an aromatic ring is 1. The SMILES string of the molecule is CCc1cc2cccc(C#Cc3cnc(C)s3)c2c(=O)n1-c1ccccc1.NC(=O)c1c(N)ncn2ccnc12. The highest BCUT2D eigenvalue weighted by Crippen LogP contribution is 2.20. The van der Waals surface area contributed by atoms with Crippen molar-refractivity contribution in [2.75, 3.05) is 5.73 Å². The first-order valence-electron chi connectivity index (χ1n) is 12.4. The smallest absolute Gasteiger partial charge is 0.264 e. The molecule has 4 N–H and O–H groups in total. The molecule has 4 aromatic heterocycles. The molecule has 0 saturated heterocycles. The van der Waals surface area contributed by atoms with Gasteiger partial charge in [0.1, 0.15) is 17.7 Å². The molecule has 0 aliphatic heterocycles. The van der Waals surface area contributed by atoms with Gasteiger partial charge in [0.15, 0.2) is 5.65 Å². The molecule has 6 aromatic rings. The number of hydrogen-bond donors (Lipinski definition) is 2. The van der Waals surface area contributed by atoms with E-state index in [-0.39, 0.29) is 16.9 Å². The zero-order valence-electron chi connectivity index (χ0n) is 21.8. The third kappa shape index (κ3) is 5.18. The number of aromatic nitrogens is 5. The minimum absolute atomic E-state index is 0.0269. The van der Waals surface area contributed by atoms with E-state index in [0.29, 0.717) is 11.0 Å². The maximum absolute atomic E-state index is 13.4. The lowest BCUT2D eigenvalue weighted by molar-refractivity contribution is 0.100. The van der Waals surface area contributed by atoms with Crippen LogP contribution in [0.3, 0.4) is 0 Å². The number of hydrogen-bond acceptors (Lipinski definition) is 7. The summed E-state index contributed by atoms with van der Waals surface area (Å²) < 4.78 is 3.38. The van der Waals surface area contributed by atoms with Crippen molar-refractivity contribution in [1.82, 2.24) is 23.9 Å². The average molecular weight is 548 g/mol. The Morgan fingerprint density at radius 2 is 1.85 bits per heavy atom. The molecule has 0 unspecified atom stereocenters. The lowest BCUT2D eigenvalue weighted by Crippen LogP contribution is -2.22. The largest absolute Gasteiger partial charge is 0.383 e. The van der Waals surface area contributed by atoms with E-state index >= 15 is 0 Å². The molecule has 0 aliphatic rings. The highest BCUT2D eigenvalue weighted by atomic mass is 32.1. The first kappa shape index (κ1) is 26.3. The summed E-state index contributed by atoms with van der Waals surface area (Å²) in [6, 6.07) is 17.7. The van der Waals surface area contributed by atoms with E-state index in [1.165, 1.54) is 6.33 Å². The third-order valence-corrected chi connectivity index (χ3v) is 6.99. The zero-order valence-corrected chi connectivity index (χ0v) is 22.6. The molecule has 9 nitrogen and oxygen atoms in total. The van der Waals surface area contributed by atoms with Crippen molar-refractivity contribution in [3.05, 3.63) is 117 Å². The van der Waals surface area contributed by atoms with Crippen LogP contribution in [-0.2, 0) is 6.42 Å². The molecule has 1 amide bonds. The normalized spacial score (nSPS) is 10.6. The number of para-hydroxylation sites is 1. The summed E-state index contributed by atoms with van der Waals surface area (Å²) in [6.07, 6.45) is 7.23. The molecule has 4 heterocycles. The zero-order chi connectivity index (χ0) is 28.2. The van der Waals surface area contributed by atoms with E-state index in [0.717, 1.165) is 38.6 Å². The first-order chi connectivity index (χ1) is 19.4. The number of fused-ring (bicyclic) bond motifs is 2. The molecule has 40 heavy (non-hydrogen) atoms. The minimum atomic E-state index is -0.623. The topological polar surface area (TPSA) is 134 Å². The van der Waals surface area contributed by atoms with Crippen LogP contribution in [0.4, 0.5) is 5.82 Å². The number of nitrogens with zero attached hydrogens (tertiary/aromatic N) is 5. The van der Waals surface area contributed by atoms with E-state index in [1.54, 1.807) is 38.9 Å². The van der Waals surface area contributed by atoms with E-state index in [2.05, 4.69) is 39.8 Å². The van der Waals surface area contributed by atoms with Crippen molar-refractivity contribution in [2.45, 2.75) is 20.3 Å². The Hall–Kier alpha value is -5.27. The van der Waals surface area contributed by atoms with Gasteiger partial charge >= 0.3 is 0 Å². The number of anilines is 1. The van der Waals surface area contributed by atoms with Crippen LogP contribution in [0, 0.1) is 18.8 Å². The Morgan fingerprint density at radius 1 is 1.05 bits per heavy atom. The highest BCUT2D eigenvalue weighted by Gasteiger charge is 2.14. The molecule has 0 aliphatic carbocycles. The van der Waals surface area contributed by atoms with Gasteiger partial charge in [-0.05, 0) is 48.9 Å². The molecule has 0 atom stereocenters. The van der Waals surface area contributed by atoms with Gasteiger partial charge in [-0.25, -0.2) is 15.0 Å². The molecular weight excluding hydrogens is 522 g/mol. The highest BCUT2D eigenvalue weighted by molar-refractivity contribution is 7.12. The monoisotopic (exact) mass is 547 g/mol. The van der Waals surface area contributed by atoms with E-state index in [1.807, 2.05) is 55.5 Å². The minimum Gasteiger partial charge on any atom is -0.383 e. The lowest BCUT2D eigenvalue weighted by Gasteiger charge is -2.14. The van der Waals surface area contributed by atoms with Crippen LogP contribution >= 0.6 is 11.3 Å². The standard InChI is InChI=1S/C23H18N2OS.C7H7N5O/c1-3-19-14-18-9-7-8-17(12-13-21-15-24-16(2)27-21)22(18)23(26)25(19)20-10-5-4-6-11-20;8-5-4(6(9)13)7-10-1-2-12(7)3-11-5/h4-11,14-15H,3H2,1-2H3;1-3H,8H2,(H2,9,13). The van der Waals surface area contributed by atoms with Gasteiger partial charge in [0, 0.05) is 29.3 Å². The van der Waals surface area contributed by atoms with Gasteiger partial charge in [0.25, 0.3) is 11.5 Å². The maximum Gasteiger partial charge on any atom is 0.264 e. The second-order valence-corrected chi connectivity index (χ2v) is 9.99. The number of carbonyl (C=O) groups is 1. The summed E-state index contributed by atoms with van der Waals surface area (Å²) in [5, 5.41) is 2.57. The Labute approximate surface area is 233 Å². The van der Waals surface area contributed by atoms with Crippen LogP contribution in [0.5, 0.6) is 0 Å². The van der Waals surface area contributed by atoms with Crippen molar-refractivity contribution in [2.24, 2.45) is 5.73 Å². The molecular formula is C30H25N7O2S. The summed E-state index contributed by atoms with van der Waals surface area (Å²) in [4.78, 5) is 37.3. The summed E-state index contributed by atoms with van der Waals surface area (Å²) >= 11 is 1.55. The van der Waals surface area contributed by atoms with Crippen LogP contribution in [0.2, 0.25) is 0 Å². The summed E-state index contributed by atoms with van der Waals surface area (Å²) in [6.45, 7) is 4.02. The molecule has 6 rings (SSSR count). The van der Waals surface area contributed by atoms with Crippen LogP contribution in [-0.4, -0.2) is 29.8 Å². The van der Waals surface area contributed by atoms with Crippen LogP contribution < -0.4 is 17.0 Å². The lowest BCUT2D eigenvalue weighted by atomic mass is 10.0. The number of carbonyl (C=O) groups excluding carboxylic acids is 1. The van der Waals surface area contributed by atoms with Gasteiger partial charge in [-0.3, -0.25) is 18.6 Å². The van der Waals surface area contributed by atoms with E-state index in [9.17, 15) is 9.59 Å². The number of nitrogens with two attached hydrogens (primary N) is 2. The molecule has 10 heteroatoms. The Morgan fingerprint density at radius 3 is 2.55 bits per heavy atom. The molecule has 0 saturated carbocycles. The van der Waals surface area contributed by atoms with Gasteiger partial charge in [-0.15, -0.1) is 11.3 Å². The number of rotatable bonds is 3. The maximum atomic E-state index is 13.4. The Kier molecular flexibility index (Phi) is 7.39. The van der Waals surface area contributed by atoms with Gasteiger partial charge in [-0.1, -0.05) is 43.2 Å². The Bertz CT molecular complexity index is 1980. The quantitative estimate of drug-likeness (QED) is 0.320. The molecule has 198 valence electrons. The van der Waals surface area contributed by atoms with Crippen molar-refractivity contribution < 1.29 is 4.79 Å². The van der Waals surface area contributed by atoms with Crippen molar-refractivity contribution in [3.63, 3.8) is 0 Å². The van der Waals surface area contributed by atoms with Gasteiger partial charge in [0.2, 0.25) is 0 Å². The fourth-order valence-electron chi connectivity index (χ4n) is 4.33. The summed E-state index contributed by atoms with van der Waals surface area (Å²) in [7, 11) is 0. The predicted octanol–water partition coefficient (Wildman–Crippen LogP) is 4.13. The van der Waals surface area contributed by atoms with Crippen LogP contribution in [0.25, 0.3) is 22.1 Å². The van der Waals surface area contributed by atoms with Crippen molar-refractivity contribution >= 4 is 39.5 Å². The van der Waals surface area contributed by atoms with Gasteiger partial charge < -0.3 is 11.5 Å². The summed E-state index contributed by atoms with van der Waals surface area (Å²) in [5.74, 6) is 5.81. The fourth-order valence-corrected chi connectivity index (χ4v) is 4.96. The number of benzene rings is 2. The number of primary amides is 1. The molecule has 0 radical (unpaired) electrons. The number of imidazole rings is 1. The van der Waals surface area contributed by atoms with Crippen LogP contribution in [0.15, 0.2) is 84.3 Å². The second kappa shape index (κ2) is 11.2. The van der Waals surface area contributed by atoms with Crippen LogP contribution in [0.1, 0.15) is 38.4 Å². The average Bonchev–Trinajstić information content (AvgIpc) is 3.60. The second-order valence-electron chi connectivity index (χ2n) is 8.76. The summed E-state index contributed by atoms with van der Waals surface area (Å²) in [5.41, 5.74) is 13.8. The van der Waals surface area contributed by atoms with Crippen molar-refractivity contribution in [3.8, 4) is 17.5 Å². The number of thiazole rings is 1. The predicted molar refractivity (Wildman–Crippen MR) is 158 cm³/mol. The molecule has 0 fully saturated rings. The third-order valence-electron chi connectivity index (χ3n) is 6.16. The number of pyridine rings is 1. The van der Waals surface area contributed by atoms with E-state index < -0.39 is 5.91 Å². The first-order valence-corrected chi connectivity index (χ1v) is 13.2. The Balaban J connectivity index is 0.000000207. The van der Waals surface area contributed by atoms with Crippen molar-refractivity contribution in [1.29, 1.82) is 0 Å². The molecule has 0 spiro atoms. The number of aryl methyl sites for hydroxylation is 2. The molecule has 0 bridgehead atoms. The molecule has 2 aromatic carbocycles. The fraction of sp³-hybridized carbons (Fsp3) is 0.100. The number of amides is 1. The van der Waals surface area contributed by atoms with Gasteiger partial charge in [0.05, 0.1) is 21.5 Å². The van der Waals surface area contributed by atoms with E-state index in [4.69, 9.17) is 11.5 Å². The van der Waals surface area contributed by atoms with Gasteiger partial charge in [-0.2, -0.15) is 0 Å².